The fourth-order valence-electron chi connectivity index (χ4n) is 4.90. The lowest BCUT2D eigenvalue weighted by Gasteiger charge is -2.32. The Balaban J connectivity index is 1.28. The average molecular weight is 447 g/mol. The molecule has 1 aliphatic carbocycles. The molecule has 0 bridgehead atoms. The van der Waals surface area contributed by atoms with Gasteiger partial charge in [-0.2, -0.15) is 5.10 Å². The minimum atomic E-state index is -0.348. The molecule has 2 aliphatic rings. The fourth-order valence-corrected chi connectivity index (χ4v) is 4.90. The molecule has 6 nitrogen and oxygen atoms in total. The van der Waals surface area contributed by atoms with Crippen LogP contribution >= 0.6 is 0 Å². The third-order valence-electron chi connectivity index (χ3n) is 6.72. The normalized spacial score (nSPS) is 16.0. The van der Waals surface area contributed by atoms with Crippen molar-refractivity contribution in [3.05, 3.63) is 82.4 Å². The van der Waals surface area contributed by atoms with Crippen LogP contribution in [-0.2, 0) is 12.8 Å². The Morgan fingerprint density at radius 1 is 1.03 bits per heavy atom. The SMILES string of the molecule is Cc1ccccc1C(=O)NC1CCN(C(=O)c2nn(-c3ccccc3F)c3c2CCC3)CC1. The predicted molar refractivity (Wildman–Crippen MR) is 123 cm³/mol. The van der Waals surface area contributed by atoms with Gasteiger partial charge in [-0.15, -0.1) is 0 Å². The van der Waals surface area contributed by atoms with E-state index in [1.165, 1.54) is 6.07 Å². The maximum Gasteiger partial charge on any atom is 0.274 e. The molecule has 7 heteroatoms. The van der Waals surface area contributed by atoms with Crippen molar-refractivity contribution in [2.45, 2.75) is 45.1 Å². The van der Waals surface area contributed by atoms with Crippen molar-refractivity contribution in [2.75, 3.05) is 13.1 Å². The molecule has 0 radical (unpaired) electrons. The summed E-state index contributed by atoms with van der Waals surface area (Å²) in [5.41, 5.74) is 4.33. The van der Waals surface area contributed by atoms with Crippen LogP contribution in [0.3, 0.4) is 0 Å². The average Bonchev–Trinajstić information content (AvgIpc) is 3.43. The number of hydrogen-bond donors (Lipinski definition) is 1. The van der Waals surface area contributed by atoms with E-state index in [1.54, 1.807) is 22.9 Å². The molecule has 2 amide bonds. The summed E-state index contributed by atoms with van der Waals surface area (Å²) in [5, 5.41) is 7.68. The number of nitrogens with one attached hydrogen (secondary N) is 1. The van der Waals surface area contributed by atoms with Crippen molar-refractivity contribution < 1.29 is 14.0 Å². The van der Waals surface area contributed by atoms with Gasteiger partial charge in [0.25, 0.3) is 11.8 Å². The van der Waals surface area contributed by atoms with Crippen LogP contribution < -0.4 is 5.32 Å². The first-order valence-corrected chi connectivity index (χ1v) is 11.5. The second kappa shape index (κ2) is 8.81. The number of carbonyl (C=O) groups is 2. The molecule has 2 aromatic carbocycles. The Morgan fingerprint density at radius 3 is 2.52 bits per heavy atom. The first-order chi connectivity index (χ1) is 16.0. The lowest BCUT2D eigenvalue weighted by molar-refractivity contribution is 0.0691. The molecule has 1 N–H and O–H groups in total. The van der Waals surface area contributed by atoms with E-state index >= 15 is 0 Å². The first kappa shape index (κ1) is 21.4. The van der Waals surface area contributed by atoms with Crippen molar-refractivity contribution in [1.29, 1.82) is 0 Å². The summed E-state index contributed by atoms with van der Waals surface area (Å²) in [7, 11) is 0. The first-order valence-electron chi connectivity index (χ1n) is 11.5. The number of para-hydroxylation sites is 1. The van der Waals surface area contributed by atoms with Gasteiger partial charge in [0.2, 0.25) is 0 Å². The molecule has 3 aromatic rings. The van der Waals surface area contributed by atoms with Crippen molar-refractivity contribution in [3.8, 4) is 5.69 Å². The number of fused-ring (bicyclic) bond motifs is 1. The van der Waals surface area contributed by atoms with Gasteiger partial charge in [-0.25, -0.2) is 9.07 Å². The van der Waals surface area contributed by atoms with Crippen LogP contribution in [0.25, 0.3) is 5.69 Å². The van der Waals surface area contributed by atoms with Crippen molar-refractivity contribution in [3.63, 3.8) is 0 Å². The minimum Gasteiger partial charge on any atom is -0.349 e. The van der Waals surface area contributed by atoms with Crippen molar-refractivity contribution in [2.24, 2.45) is 0 Å². The van der Waals surface area contributed by atoms with Gasteiger partial charge in [0.15, 0.2) is 5.69 Å². The highest BCUT2D eigenvalue weighted by Gasteiger charge is 2.32. The summed E-state index contributed by atoms with van der Waals surface area (Å²) < 4.78 is 16.0. The Morgan fingerprint density at radius 2 is 1.76 bits per heavy atom. The molecule has 1 aliphatic heterocycles. The predicted octanol–water partition coefficient (Wildman–Crippen LogP) is 3.84. The summed E-state index contributed by atoms with van der Waals surface area (Å²) in [5.74, 6) is -0.523. The van der Waals surface area contributed by atoms with Crippen LogP contribution in [-0.4, -0.2) is 45.6 Å². The van der Waals surface area contributed by atoms with Crippen molar-refractivity contribution in [1.82, 2.24) is 20.0 Å². The number of nitrogens with zero attached hydrogens (tertiary/aromatic N) is 3. The third-order valence-corrected chi connectivity index (χ3v) is 6.72. The minimum absolute atomic E-state index is 0.0304. The quantitative estimate of drug-likeness (QED) is 0.662. The van der Waals surface area contributed by atoms with E-state index in [9.17, 15) is 14.0 Å². The zero-order valence-corrected chi connectivity index (χ0v) is 18.7. The number of amides is 2. The number of rotatable bonds is 4. The molecule has 2 heterocycles. The third kappa shape index (κ3) is 4.03. The number of hydrogen-bond acceptors (Lipinski definition) is 3. The lowest BCUT2D eigenvalue weighted by Crippen LogP contribution is -2.46. The van der Waals surface area contributed by atoms with Gasteiger partial charge in [-0.1, -0.05) is 30.3 Å². The van der Waals surface area contributed by atoms with Crippen molar-refractivity contribution >= 4 is 11.8 Å². The molecule has 1 fully saturated rings. The van der Waals surface area contributed by atoms with Crippen LogP contribution in [0.5, 0.6) is 0 Å². The summed E-state index contributed by atoms with van der Waals surface area (Å²) in [6, 6.07) is 14.1. The Hall–Kier alpha value is -3.48. The molecule has 1 aromatic heterocycles. The maximum absolute atomic E-state index is 14.4. The van der Waals surface area contributed by atoms with E-state index in [-0.39, 0.29) is 23.7 Å². The number of likely N-dealkylation sites (tertiary alicyclic amines) is 1. The van der Waals surface area contributed by atoms with Gasteiger partial charge >= 0.3 is 0 Å². The summed E-state index contributed by atoms with van der Waals surface area (Å²) in [6.07, 6.45) is 3.90. The van der Waals surface area contributed by atoms with E-state index < -0.39 is 0 Å². The van der Waals surface area contributed by atoms with Gasteiger partial charge in [0.1, 0.15) is 11.5 Å². The second-order valence-electron chi connectivity index (χ2n) is 8.85. The number of aryl methyl sites for hydroxylation is 1. The van der Waals surface area contributed by atoms with E-state index in [0.29, 0.717) is 42.9 Å². The monoisotopic (exact) mass is 446 g/mol. The van der Waals surface area contributed by atoms with Gasteiger partial charge in [0, 0.05) is 36.0 Å². The standard InChI is InChI=1S/C26H27FN4O2/c1-17-7-2-3-8-19(17)25(32)28-18-13-15-30(16-14-18)26(33)24-20-9-6-12-22(20)31(29-24)23-11-5-4-10-21(23)27/h2-5,7-8,10-11,18H,6,9,12-16H2,1H3,(H,28,32). The molecule has 33 heavy (non-hydrogen) atoms. The van der Waals surface area contributed by atoms with E-state index in [1.807, 2.05) is 36.1 Å². The highest BCUT2D eigenvalue weighted by Crippen LogP contribution is 2.30. The molecular weight excluding hydrogens is 419 g/mol. The smallest absolute Gasteiger partial charge is 0.274 e. The number of piperidine rings is 1. The van der Waals surface area contributed by atoms with Crippen LogP contribution in [0.4, 0.5) is 4.39 Å². The molecule has 5 rings (SSSR count). The van der Waals surface area contributed by atoms with Gasteiger partial charge < -0.3 is 10.2 Å². The number of benzene rings is 2. The molecular formula is C26H27FN4O2. The Bertz CT molecular complexity index is 1210. The maximum atomic E-state index is 14.4. The van der Waals surface area contributed by atoms with Crippen LogP contribution in [0, 0.1) is 12.7 Å². The van der Waals surface area contributed by atoms with Gasteiger partial charge in [-0.3, -0.25) is 9.59 Å². The molecule has 0 spiro atoms. The molecule has 1 saturated heterocycles. The summed E-state index contributed by atoms with van der Waals surface area (Å²) in [4.78, 5) is 27.8. The highest BCUT2D eigenvalue weighted by molar-refractivity contribution is 5.96. The Labute approximate surface area is 192 Å². The summed E-state index contributed by atoms with van der Waals surface area (Å²) >= 11 is 0. The lowest BCUT2D eigenvalue weighted by atomic mass is 10.0. The van der Waals surface area contributed by atoms with E-state index in [2.05, 4.69) is 10.4 Å². The molecule has 0 saturated carbocycles. The largest absolute Gasteiger partial charge is 0.349 e. The zero-order chi connectivity index (χ0) is 22.9. The molecule has 0 unspecified atom stereocenters. The Kier molecular flexibility index (Phi) is 5.70. The van der Waals surface area contributed by atoms with Crippen LogP contribution in [0.1, 0.15) is 56.9 Å². The van der Waals surface area contributed by atoms with Gasteiger partial charge in [0.05, 0.1) is 0 Å². The summed E-state index contributed by atoms with van der Waals surface area (Å²) in [6.45, 7) is 3.03. The second-order valence-corrected chi connectivity index (χ2v) is 8.85. The highest BCUT2D eigenvalue weighted by atomic mass is 19.1. The van der Waals surface area contributed by atoms with E-state index in [0.717, 1.165) is 36.1 Å². The molecule has 170 valence electrons. The van der Waals surface area contributed by atoms with Crippen LogP contribution in [0.2, 0.25) is 0 Å². The number of aromatic nitrogens is 2. The van der Waals surface area contributed by atoms with Gasteiger partial charge in [-0.05, 0) is 62.8 Å². The number of carbonyl (C=O) groups excluding carboxylic acids is 2. The molecule has 0 atom stereocenters. The zero-order valence-electron chi connectivity index (χ0n) is 18.7. The van der Waals surface area contributed by atoms with E-state index in [4.69, 9.17) is 0 Å². The topological polar surface area (TPSA) is 67.2 Å². The number of halogens is 1. The van der Waals surface area contributed by atoms with Crippen LogP contribution in [0.15, 0.2) is 48.5 Å². The fraction of sp³-hybridized carbons (Fsp3) is 0.346.